The van der Waals surface area contributed by atoms with Gasteiger partial charge in [0.2, 0.25) is 0 Å². The highest BCUT2D eigenvalue weighted by Crippen LogP contribution is 2.08. The predicted molar refractivity (Wildman–Crippen MR) is 75.0 cm³/mol. The van der Waals surface area contributed by atoms with Gasteiger partial charge in [-0.05, 0) is 36.2 Å². The zero-order valence-corrected chi connectivity index (χ0v) is 11.0. The van der Waals surface area contributed by atoms with Gasteiger partial charge >= 0.3 is 0 Å². The molecular weight excluding hydrogens is 240 g/mol. The van der Waals surface area contributed by atoms with Crippen molar-refractivity contribution in [3.05, 3.63) is 53.5 Å². The number of amides is 1. The number of carbonyl (C=O) groups is 1. The standard InChI is InChI=1S/C15H18N2O2/c1-2-13-7-8-14(19-13)15(18)17-10-9-11-3-5-12(16)6-4-11/h3-8H,2,9-10,16H2,1H3,(H,17,18). The van der Waals surface area contributed by atoms with Gasteiger partial charge in [0.1, 0.15) is 5.76 Å². The van der Waals surface area contributed by atoms with Gasteiger partial charge in [-0.25, -0.2) is 0 Å². The van der Waals surface area contributed by atoms with Crippen LogP contribution in [0.5, 0.6) is 0 Å². The number of furan rings is 1. The van der Waals surface area contributed by atoms with E-state index in [4.69, 9.17) is 10.2 Å². The Hall–Kier alpha value is -2.23. The minimum atomic E-state index is -0.171. The Morgan fingerprint density at radius 2 is 1.95 bits per heavy atom. The summed E-state index contributed by atoms with van der Waals surface area (Å²) in [6, 6.07) is 11.2. The number of hydrogen-bond acceptors (Lipinski definition) is 3. The third kappa shape index (κ3) is 3.61. The fourth-order valence-electron chi connectivity index (χ4n) is 1.78. The van der Waals surface area contributed by atoms with Crippen molar-refractivity contribution < 1.29 is 9.21 Å². The lowest BCUT2D eigenvalue weighted by Gasteiger charge is -2.04. The Labute approximate surface area is 112 Å². The second-order valence-electron chi connectivity index (χ2n) is 4.37. The maximum Gasteiger partial charge on any atom is 0.287 e. The average molecular weight is 258 g/mol. The Bertz CT molecular complexity index is 544. The molecule has 0 spiro atoms. The van der Waals surface area contributed by atoms with Crippen molar-refractivity contribution in [1.82, 2.24) is 5.32 Å². The van der Waals surface area contributed by atoms with E-state index in [9.17, 15) is 4.79 Å². The number of rotatable bonds is 5. The zero-order valence-electron chi connectivity index (χ0n) is 11.0. The molecular formula is C15H18N2O2. The van der Waals surface area contributed by atoms with Crippen LogP contribution in [0.4, 0.5) is 5.69 Å². The van der Waals surface area contributed by atoms with E-state index in [0.717, 1.165) is 29.9 Å². The van der Waals surface area contributed by atoms with Crippen LogP contribution in [0, 0.1) is 0 Å². The summed E-state index contributed by atoms with van der Waals surface area (Å²) in [5.41, 5.74) is 7.50. The fourth-order valence-corrected chi connectivity index (χ4v) is 1.78. The second kappa shape index (κ2) is 6.09. The molecule has 0 radical (unpaired) electrons. The molecule has 100 valence electrons. The van der Waals surface area contributed by atoms with E-state index in [0.29, 0.717) is 12.3 Å². The summed E-state index contributed by atoms with van der Waals surface area (Å²) in [5.74, 6) is 1.02. The van der Waals surface area contributed by atoms with Crippen LogP contribution >= 0.6 is 0 Å². The van der Waals surface area contributed by atoms with Crippen LogP contribution in [0.2, 0.25) is 0 Å². The predicted octanol–water partition coefficient (Wildman–Crippen LogP) is 2.40. The van der Waals surface area contributed by atoms with Gasteiger partial charge in [0, 0.05) is 18.7 Å². The molecule has 1 heterocycles. The molecule has 1 amide bonds. The van der Waals surface area contributed by atoms with Crippen LogP contribution < -0.4 is 11.1 Å². The third-order valence-corrected chi connectivity index (χ3v) is 2.91. The Morgan fingerprint density at radius 3 is 2.58 bits per heavy atom. The Morgan fingerprint density at radius 1 is 1.21 bits per heavy atom. The number of nitrogens with one attached hydrogen (secondary N) is 1. The summed E-state index contributed by atoms with van der Waals surface area (Å²) in [7, 11) is 0. The molecule has 1 aromatic carbocycles. The Kier molecular flexibility index (Phi) is 4.23. The van der Waals surface area contributed by atoms with E-state index in [1.807, 2.05) is 37.3 Å². The van der Waals surface area contributed by atoms with Crippen molar-refractivity contribution in [2.45, 2.75) is 19.8 Å². The normalized spacial score (nSPS) is 10.4. The molecule has 4 nitrogen and oxygen atoms in total. The van der Waals surface area contributed by atoms with Crippen LogP contribution in [0.1, 0.15) is 28.8 Å². The molecule has 1 aromatic heterocycles. The lowest BCUT2D eigenvalue weighted by atomic mass is 10.1. The molecule has 2 rings (SSSR count). The number of anilines is 1. The smallest absolute Gasteiger partial charge is 0.287 e. The molecule has 3 N–H and O–H groups in total. The van der Waals surface area contributed by atoms with Crippen molar-refractivity contribution in [2.24, 2.45) is 0 Å². The second-order valence-corrected chi connectivity index (χ2v) is 4.37. The molecule has 0 bridgehead atoms. The molecule has 0 fully saturated rings. The molecule has 0 unspecified atom stereocenters. The van der Waals surface area contributed by atoms with Gasteiger partial charge in [-0.3, -0.25) is 4.79 Å². The van der Waals surface area contributed by atoms with Crippen molar-refractivity contribution in [3.63, 3.8) is 0 Å². The van der Waals surface area contributed by atoms with Gasteiger partial charge in [-0.2, -0.15) is 0 Å². The third-order valence-electron chi connectivity index (χ3n) is 2.91. The molecule has 0 saturated carbocycles. The average Bonchev–Trinajstić information content (AvgIpc) is 2.90. The summed E-state index contributed by atoms with van der Waals surface area (Å²) in [5, 5.41) is 2.84. The van der Waals surface area contributed by atoms with E-state index in [-0.39, 0.29) is 5.91 Å². The highest BCUT2D eigenvalue weighted by atomic mass is 16.3. The first-order valence-electron chi connectivity index (χ1n) is 6.40. The highest BCUT2D eigenvalue weighted by molar-refractivity contribution is 5.91. The summed E-state index contributed by atoms with van der Waals surface area (Å²) < 4.78 is 5.38. The van der Waals surface area contributed by atoms with Gasteiger partial charge in [-0.1, -0.05) is 19.1 Å². The molecule has 0 aliphatic rings. The first-order chi connectivity index (χ1) is 9.19. The zero-order chi connectivity index (χ0) is 13.7. The fraction of sp³-hybridized carbons (Fsp3) is 0.267. The highest BCUT2D eigenvalue weighted by Gasteiger charge is 2.09. The number of carbonyl (C=O) groups excluding carboxylic acids is 1. The maximum absolute atomic E-state index is 11.8. The van der Waals surface area contributed by atoms with Gasteiger partial charge in [0.05, 0.1) is 0 Å². The Balaban J connectivity index is 1.82. The van der Waals surface area contributed by atoms with Gasteiger partial charge in [0.15, 0.2) is 5.76 Å². The first kappa shape index (κ1) is 13.2. The molecule has 4 heteroatoms. The van der Waals surface area contributed by atoms with E-state index < -0.39 is 0 Å². The number of nitrogens with two attached hydrogens (primary N) is 1. The monoisotopic (exact) mass is 258 g/mol. The van der Waals surface area contributed by atoms with Gasteiger partial charge in [0.25, 0.3) is 5.91 Å². The van der Waals surface area contributed by atoms with Crippen molar-refractivity contribution >= 4 is 11.6 Å². The lowest BCUT2D eigenvalue weighted by molar-refractivity contribution is 0.0925. The number of benzene rings is 1. The van der Waals surface area contributed by atoms with Crippen LogP contribution in [-0.2, 0) is 12.8 Å². The summed E-state index contributed by atoms with van der Waals surface area (Å²) in [6.45, 7) is 2.56. The summed E-state index contributed by atoms with van der Waals surface area (Å²) >= 11 is 0. The van der Waals surface area contributed by atoms with Crippen LogP contribution in [0.15, 0.2) is 40.8 Å². The van der Waals surface area contributed by atoms with Crippen molar-refractivity contribution in [3.8, 4) is 0 Å². The lowest BCUT2D eigenvalue weighted by Crippen LogP contribution is -2.25. The number of hydrogen-bond donors (Lipinski definition) is 2. The van der Waals surface area contributed by atoms with Crippen LogP contribution in [0.3, 0.4) is 0 Å². The van der Waals surface area contributed by atoms with E-state index in [1.54, 1.807) is 6.07 Å². The topological polar surface area (TPSA) is 68.3 Å². The quantitative estimate of drug-likeness (QED) is 0.809. The van der Waals surface area contributed by atoms with Crippen molar-refractivity contribution in [1.29, 1.82) is 0 Å². The van der Waals surface area contributed by atoms with E-state index >= 15 is 0 Å². The molecule has 19 heavy (non-hydrogen) atoms. The molecule has 2 aromatic rings. The molecule has 0 saturated heterocycles. The van der Waals surface area contributed by atoms with Crippen molar-refractivity contribution in [2.75, 3.05) is 12.3 Å². The molecule has 0 aliphatic heterocycles. The van der Waals surface area contributed by atoms with Crippen LogP contribution in [-0.4, -0.2) is 12.5 Å². The number of aryl methyl sites for hydroxylation is 1. The van der Waals surface area contributed by atoms with Crippen LogP contribution in [0.25, 0.3) is 0 Å². The summed E-state index contributed by atoms with van der Waals surface area (Å²) in [4.78, 5) is 11.8. The van der Waals surface area contributed by atoms with E-state index in [2.05, 4.69) is 5.32 Å². The van der Waals surface area contributed by atoms with E-state index in [1.165, 1.54) is 0 Å². The number of nitrogen functional groups attached to an aromatic ring is 1. The van der Waals surface area contributed by atoms with Gasteiger partial charge in [-0.15, -0.1) is 0 Å². The molecule has 0 atom stereocenters. The SMILES string of the molecule is CCc1ccc(C(=O)NCCc2ccc(N)cc2)o1. The minimum Gasteiger partial charge on any atom is -0.456 e. The minimum absolute atomic E-state index is 0.171. The molecule has 0 aliphatic carbocycles. The van der Waals surface area contributed by atoms with Gasteiger partial charge < -0.3 is 15.5 Å². The first-order valence-corrected chi connectivity index (χ1v) is 6.40. The summed E-state index contributed by atoms with van der Waals surface area (Å²) in [6.07, 6.45) is 1.56. The largest absolute Gasteiger partial charge is 0.456 e. The maximum atomic E-state index is 11.8.